The maximum Gasteiger partial charge on any atom is 0.278 e. The number of rotatable bonds is 5. The molecule has 1 fully saturated rings. The number of hydrogen-bond donors (Lipinski definition) is 2. The first-order chi connectivity index (χ1) is 15.9. The molecular weight excluding hydrogens is 413 g/mol. The van der Waals surface area contributed by atoms with Crippen LogP contribution in [0.3, 0.4) is 0 Å². The maximum atomic E-state index is 12.7. The van der Waals surface area contributed by atoms with E-state index < -0.39 is 5.24 Å². The van der Waals surface area contributed by atoms with Gasteiger partial charge in [-0.05, 0) is 54.3 Å². The molecule has 33 heavy (non-hydrogen) atoms. The second kappa shape index (κ2) is 8.55. The van der Waals surface area contributed by atoms with Gasteiger partial charge in [0.05, 0.1) is 29.7 Å². The molecule has 1 amide bonds. The Kier molecular flexibility index (Phi) is 5.58. The largest absolute Gasteiger partial charge is 0.448 e. The molecule has 4 aromatic rings. The summed E-state index contributed by atoms with van der Waals surface area (Å²) >= 11 is 0. The van der Waals surface area contributed by atoms with E-state index in [0.717, 1.165) is 47.8 Å². The van der Waals surface area contributed by atoms with Crippen LogP contribution in [0.15, 0.2) is 53.5 Å². The molecule has 8 nitrogen and oxygen atoms in total. The summed E-state index contributed by atoms with van der Waals surface area (Å²) in [6.07, 6.45) is 8.30. The maximum absolute atomic E-state index is 12.7. The molecule has 0 saturated carbocycles. The lowest BCUT2D eigenvalue weighted by Crippen LogP contribution is -2.35. The monoisotopic (exact) mass is 432 g/mol. The number of anilines is 1. The molecule has 158 valence electrons. The molecule has 0 aliphatic carbocycles. The van der Waals surface area contributed by atoms with Gasteiger partial charge in [0, 0.05) is 29.3 Å². The van der Waals surface area contributed by atoms with Crippen molar-refractivity contribution < 1.29 is 9.21 Å². The Bertz CT molecular complexity index is 1310. The molecule has 4 heterocycles. The van der Waals surface area contributed by atoms with E-state index in [9.17, 15) is 4.79 Å². The van der Waals surface area contributed by atoms with Gasteiger partial charge in [0.1, 0.15) is 12.1 Å². The zero-order chi connectivity index (χ0) is 23.0. The topological polar surface area (TPSA) is 97.9 Å². The zero-order valence-electron chi connectivity index (χ0n) is 17.9. The van der Waals surface area contributed by atoms with Crippen molar-refractivity contribution in [3.05, 3.63) is 60.7 Å². The van der Waals surface area contributed by atoms with Crippen molar-refractivity contribution in [2.45, 2.75) is 24.0 Å². The highest BCUT2D eigenvalue weighted by atomic mass is 16.3. The van der Waals surface area contributed by atoms with Crippen LogP contribution in [0.4, 0.5) is 5.82 Å². The van der Waals surface area contributed by atoms with Crippen molar-refractivity contribution in [2.75, 3.05) is 18.4 Å². The van der Waals surface area contributed by atoms with Crippen LogP contribution in [0.1, 0.15) is 35.1 Å². The number of oxazole rings is 1. The van der Waals surface area contributed by atoms with Gasteiger partial charge in [-0.1, -0.05) is 12.1 Å². The van der Waals surface area contributed by atoms with Crippen molar-refractivity contribution in [2.24, 2.45) is 0 Å². The minimum absolute atomic E-state index is 0.234. The van der Waals surface area contributed by atoms with Crippen LogP contribution >= 0.6 is 0 Å². The first kappa shape index (κ1) is 21.5. The average Bonchev–Trinajstić information content (AvgIpc) is 3.49. The van der Waals surface area contributed by atoms with E-state index in [1.807, 2.05) is 18.2 Å². The molecule has 6 radical (unpaired) electrons. The molecule has 1 aromatic carbocycles. The zero-order valence-corrected chi connectivity index (χ0v) is 17.9. The Balaban J connectivity index is 1.35. The molecule has 5 rings (SSSR count). The van der Waals surface area contributed by atoms with Crippen LogP contribution in [0.25, 0.3) is 21.9 Å². The minimum Gasteiger partial charge on any atom is -0.448 e. The lowest BCUT2D eigenvalue weighted by molar-refractivity contribution is 0.102. The average molecular weight is 432 g/mol. The third kappa shape index (κ3) is 4.59. The Labute approximate surface area is 194 Å². The molecule has 0 spiro atoms. The Morgan fingerprint density at radius 1 is 1.12 bits per heavy atom. The summed E-state index contributed by atoms with van der Waals surface area (Å²) in [5.41, 5.74) is 1.93. The number of benzene rings is 1. The lowest BCUT2D eigenvalue weighted by Gasteiger charge is -2.20. The van der Waals surface area contributed by atoms with Crippen LogP contribution in [-0.2, 0) is 5.24 Å². The molecule has 1 saturated heterocycles. The summed E-state index contributed by atoms with van der Waals surface area (Å²) in [5.74, 6) is 0.886. The van der Waals surface area contributed by atoms with E-state index in [1.165, 1.54) is 10.9 Å². The van der Waals surface area contributed by atoms with Gasteiger partial charge in [0.25, 0.3) is 5.91 Å². The number of carbonyl (C=O) groups excluding carboxylic acids is 1. The van der Waals surface area contributed by atoms with Gasteiger partial charge in [0.15, 0.2) is 11.6 Å². The van der Waals surface area contributed by atoms with E-state index >= 15 is 0 Å². The fourth-order valence-corrected chi connectivity index (χ4v) is 3.90. The SMILES string of the molecule is [B]C([B])([B])n1cc(-c2ccc3cnc(NC(=O)c4coc(C5CCNCC5)n4)cc3c2)cn1. The Morgan fingerprint density at radius 3 is 2.70 bits per heavy atom. The summed E-state index contributed by atoms with van der Waals surface area (Å²) < 4.78 is 6.86. The number of pyridine rings is 1. The van der Waals surface area contributed by atoms with E-state index in [1.54, 1.807) is 24.7 Å². The standard InChI is InChI=1S/C22H19B3N6O2/c23-22(24,25)31-11-17(10-28-31)14-1-2-15-9-27-19(8-16(15)7-14)30-20(32)18-12-33-21(29-18)13-3-5-26-6-4-13/h1-2,7-13,26H,3-6H2,(H,27,30,32). The van der Waals surface area contributed by atoms with Crippen LogP contribution in [-0.4, -0.2) is 62.3 Å². The third-order valence-electron chi connectivity index (χ3n) is 5.72. The highest BCUT2D eigenvalue weighted by molar-refractivity contribution is 6.56. The number of hydrogen-bond acceptors (Lipinski definition) is 6. The number of piperidine rings is 1. The molecule has 2 N–H and O–H groups in total. The molecule has 1 aliphatic rings. The molecular formula is C22H19B3N6O2. The number of carbonyl (C=O) groups is 1. The molecule has 11 heteroatoms. The summed E-state index contributed by atoms with van der Waals surface area (Å²) in [5, 5.41) is 10.5. The predicted octanol–water partition coefficient (Wildman–Crippen LogP) is 1.88. The second-order valence-electron chi connectivity index (χ2n) is 8.24. The molecule has 0 bridgehead atoms. The molecule has 3 aromatic heterocycles. The normalized spacial score (nSPS) is 15.0. The minimum atomic E-state index is -1.58. The van der Waals surface area contributed by atoms with Crippen molar-refractivity contribution in [1.29, 1.82) is 0 Å². The Hall–Kier alpha value is -3.33. The van der Waals surface area contributed by atoms with Crippen molar-refractivity contribution >= 4 is 46.0 Å². The summed E-state index contributed by atoms with van der Waals surface area (Å²) in [6.45, 7) is 1.84. The lowest BCUT2D eigenvalue weighted by atomic mass is 9.49. The van der Waals surface area contributed by atoms with Crippen molar-refractivity contribution in [3.8, 4) is 11.1 Å². The number of nitrogens with zero attached hydrogens (tertiary/aromatic N) is 4. The number of nitrogens with one attached hydrogen (secondary N) is 2. The summed E-state index contributed by atoms with van der Waals surface area (Å²) in [4.78, 5) is 21.4. The van der Waals surface area contributed by atoms with E-state index in [2.05, 4.69) is 25.7 Å². The van der Waals surface area contributed by atoms with Crippen LogP contribution in [0, 0.1) is 0 Å². The fourth-order valence-electron chi connectivity index (χ4n) is 3.90. The predicted molar refractivity (Wildman–Crippen MR) is 128 cm³/mol. The van der Waals surface area contributed by atoms with Gasteiger partial charge in [-0.3, -0.25) is 9.48 Å². The van der Waals surface area contributed by atoms with Gasteiger partial charge in [-0.15, -0.1) is 0 Å². The number of amides is 1. The highest BCUT2D eigenvalue weighted by Gasteiger charge is 2.22. The highest BCUT2D eigenvalue weighted by Crippen LogP contribution is 2.27. The Morgan fingerprint density at radius 2 is 1.94 bits per heavy atom. The van der Waals surface area contributed by atoms with Crippen LogP contribution < -0.4 is 10.6 Å². The fraction of sp³-hybridized carbons (Fsp3) is 0.273. The van der Waals surface area contributed by atoms with E-state index in [0.29, 0.717) is 11.7 Å². The summed E-state index contributed by atoms with van der Waals surface area (Å²) in [7, 11) is 17.1. The first-order valence-electron chi connectivity index (χ1n) is 10.7. The molecule has 0 atom stereocenters. The first-order valence-corrected chi connectivity index (χ1v) is 10.7. The smallest absolute Gasteiger partial charge is 0.278 e. The summed E-state index contributed by atoms with van der Waals surface area (Å²) in [6, 6.07) is 7.63. The van der Waals surface area contributed by atoms with Crippen LogP contribution in [0.2, 0.25) is 0 Å². The molecule has 1 aliphatic heterocycles. The van der Waals surface area contributed by atoms with Crippen molar-refractivity contribution in [3.63, 3.8) is 0 Å². The van der Waals surface area contributed by atoms with Gasteiger partial charge < -0.3 is 15.1 Å². The van der Waals surface area contributed by atoms with Gasteiger partial charge in [0.2, 0.25) is 0 Å². The molecule has 0 unspecified atom stereocenters. The quantitative estimate of drug-likeness (QED) is 0.468. The second-order valence-corrected chi connectivity index (χ2v) is 8.24. The van der Waals surface area contributed by atoms with Gasteiger partial charge in [-0.2, -0.15) is 5.10 Å². The van der Waals surface area contributed by atoms with Gasteiger partial charge in [-0.25, -0.2) is 9.97 Å². The number of fused-ring (bicyclic) bond motifs is 1. The van der Waals surface area contributed by atoms with E-state index in [-0.39, 0.29) is 17.5 Å². The van der Waals surface area contributed by atoms with Crippen LogP contribution in [0.5, 0.6) is 0 Å². The number of aromatic nitrogens is 4. The van der Waals surface area contributed by atoms with E-state index in [4.69, 9.17) is 28.0 Å². The van der Waals surface area contributed by atoms with Gasteiger partial charge >= 0.3 is 0 Å². The van der Waals surface area contributed by atoms with Crippen molar-refractivity contribution in [1.82, 2.24) is 25.1 Å². The third-order valence-corrected chi connectivity index (χ3v) is 5.72.